The van der Waals surface area contributed by atoms with Gasteiger partial charge in [-0.15, -0.1) is 0 Å². The van der Waals surface area contributed by atoms with E-state index in [1.807, 2.05) is 6.07 Å². The van der Waals surface area contributed by atoms with E-state index in [4.69, 9.17) is 10.5 Å². The lowest BCUT2D eigenvalue weighted by Gasteiger charge is -2.34. The van der Waals surface area contributed by atoms with Crippen molar-refractivity contribution in [2.75, 3.05) is 75.0 Å². The molecule has 0 saturated carbocycles. The molecule has 3 fully saturated rings. The normalized spacial score (nSPS) is 27.8. The summed E-state index contributed by atoms with van der Waals surface area (Å²) in [5.41, 5.74) is 5.66. The van der Waals surface area contributed by atoms with Crippen molar-refractivity contribution in [3.05, 3.63) is 6.07 Å². The molecule has 0 aromatic carbocycles. The maximum Gasteiger partial charge on any atom is 0.246 e. The van der Waals surface area contributed by atoms with Crippen molar-refractivity contribution in [1.29, 1.82) is 0 Å². The molecule has 136 valence electrons. The monoisotopic (exact) mass is 347 g/mol. The van der Waals surface area contributed by atoms with Crippen LogP contribution in [0.15, 0.2) is 6.07 Å². The average Bonchev–Trinajstić information content (AvgIpc) is 3.02. The summed E-state index contributed by atoms with van der Waals surface area (Å²) in [6.07, 6.45) is 0.862. The van der Waals surface area contributed by atoms with Crippen LogP contribution in [0.4, 0.5) is 17.6 Å². The quantitative estimate of drug-likeness (QED) is 0.696. The Morgan fingerprint density at radius 1 is 1.16 bits per heavy atom. The van der Waals surface area contributed by atoms with Crippen LogP contribution in [0.25, 0.3) is 0 Å². The molecule has 3 N–H and O–H groups in total. The third-order valence-electron chi connectivity index (χ3n) is 5.30. The molecule has 25 heavy (non-hydrogen) atoms. The standard InChI is InChI=1S/C16H25N7O2/c1-21-4-6-22(7-5-21)12-8-13(20-15(17)19-12)23-3-2-16(11-23)10-18-14(24)9-25-16/h8H,2-7,9-11H2,1H3,(H,18,24)(H2,17,19,20). The van der Waals surface area contributed by atoms with E-state index in [1.54, 1.807) is 0 Å². The van der Waals surface area contributed by atoms with Crippen LogP contribution in [-0.2, 0) is 9.53 Å². The fraction of sp³-hybridized carbons (Fsp3) is 0.688. The Balaban J connectivity index is 1.50. The van der Waals surface area contributed by atoms with Crippen molar-refractivity contribution >= 4 is 23.5 Å². The maximum absolute atomic E-state index is 11.3. The van der Waals surface area contributed by atoms with Gasteiger partial charge in [0, 0.05) is 45.3 Å². The van der Waals surface area contributed by atoms with E-state index in [-0.39, 0.29) is 18.1 Å². The van der Waals surface area contributed by atoms with Crippen LogP contribution in [0.1, 0.15) is 6.42 Å². The molecule has 1 unspecified atom stereocenters. The van der Waals surface area contributed by atoms with Crippen molar-refractivity contribution in [1.82, 2.24) is 20.2 Å². The molecule has 1 aromatic rings. The van der Waals surface area contributed by atoms with E-state index in [0.717, 1.165) is 50.8 Å². The number of anilines is 3. The van der Waals surface area contributed by atoms with Crippen LogP contribution in [-0.4, -0.2) is 85.8 Å². The van der Waals surface area contributed by atoms with Gasteiger partial charge in [0.1, 0.15) is 23.8 Å². The summed E-state index contributed by atoms with van der Waals surface area (Å²) in [6.45, 7) is 6.11. The number of amides is 1. The highest BCUT2D eigenvalue weighted by Crippen LogP contribution is 2.31. The number of aromatic nitrogens is 2. The van der Waals surface area contributed by atoms with Gasteiger partial charge >= 0.3 is 0 Å². The summed E-state index contributed by atoms with van der Waals surface area (Å²) in [4.78, 5) is 26.9. The van der Waals surface area contributed by atoms with Crippen LogP contribution in [0.3, 0.4) is 0 Å². The van der Waals surface area contributed by atoms with Crippen LogP contribution < -0.4 is 20.9 Å². The molecule has 0 radical (unpaired) electrons. The number of nitrogens with one attached hydrogen (secondary N) is 1. The van der Waals surface area contributed by atoms with E-state index in [9.17, 15) is 4.79 Å². The second-order valence-corrected chi connectivity index (χ2v) is 7.15. The molecule has 3 saturated heterocycles. The zero-order valence-corrected chi connectivity index (χ0v) is 14.6. The van der Waals surface area contributed by atoms with Crippen LogP contribution in [0, 0.1) is 0 Å². The lowest BCUT2D eigenvalue weighted by molar-refractivity contribution is -0.141. The Labute approximate surface area is 147 Å². The minimum atomic E-state index is -0.318. The van der Waals surface area contributed by atoms with Gasteiger partial charge in [0.05, 0.1) is 6.54 Å². The number of nitrogens with zero attached hydrogens (tertiary/aromatic N) is 5. The SMILES string of the molecule is CN1CCN(c2cc(N3CCC4(CNC(=O)CO4)C3)nc(N)n2)CC1. The average molecular weight is 347 g/mol. The molecule has 0 aliphatic carbocycles. The third-order valence-corrected chi connectivity index (χ3v) is 5.30. The van der Waals surface area contributed by atoms with Gasteiger partial charge in [-0.1, -0.05) is 0 Å². The van der Waals surface area contributed by atoms with Gasteiger partial charge in [0.2, 0.25) is 11.9 Å². The molecule has 3 aliphatic heterocycles. The van der Waals surface area contributed by atoms with Gasteiger partial charge in [-0.05, 0) is 13.5 Å². The van der Waals surface area contributed by atoms with Crippen molar-refractivity contribution in [3.8, 4) is 0 Å². The maximum atomic E-state index is 11.3. The number of carbonyl (C=O) groups is 1. The molecule has 3 aliphatic rings. The number of morpholine rings is 1. The zero-order chi connectivity index (χ0) is 17.4. The number of rotatable bonds is 2. The van der Waals surface area contributed by atoms with E-state index >= 15 is 0 Å². The van der Waals surface area contributed by atoms with Crippen LogP contribution >= 0.6 is 0 Å². The van der Waals surface area contributed by atoms with E-state index in [0.29, 0.717) is 19.0 Å². The number of hydrogen-bond donors (Lipinski definition) is 2. The number of nitrogens with two attached hydrogens (primary N) is 1. The number of hydrogen-bond acceptors (Lipinski definition) is 8. The summed E-state index contributed by atoms with van der Waals surface area (Å²) in [5.74, 6) is 1.96. The predicted octanol–water partition coefficient (Wildman–Crippen LogP) is -1.09. The van der Waals surface area contributed by atoms with Gasteiger partial charge in [0.25, 0.3) is 0 Å². The molecular weight excluding hydrogens is 322 g/mol. The van der Waals surface area contributed by atoms with Crippen molar-refractivity contribution in [2.45, 2.75) is 12.0 Å². The summed E-state index contributed by atoms with van der Waals surface area (Å²) >= 11 is 0. The number of ether oxygens (including phenoxy) is 1. The highest BCUT2D eigenvalue weighted by molar-refractivity contribution is 5.78. The fourth-order valence-electron chi connectivity index (χ4n) is 3.68. The van der Waals surface area contributed by atoms with Crippen LogP contribution in [0.2, 0.25) is 0 Å². The smallest absolute Gasteiger partial charge is 0.246 e. The number of nitrogen functional groups attached to an aromatic ring is 1. The van der Waals surface area contributed by atoms with Gasteiger partial charge in [-0.3, -0.25) is 4.79 Å². The van der Waals surface area contributed by atoms with Crippen molar-refractivity contribution in [3.63, 3.8) is 0 Å². The molecule has 0 bridgehead atoms. The minimum Gasteiger partial charge on any atom is -0.368 e. The highest BCUT2D eigenvalue weighted by atomic mass is 16.5. The Kier molecular flexibility index (Phi) is 4.12. The molecular formula is C16H25N7O2. The first-order chi connectivity index (χ1) is 12.0. The molecule has 4 rings (SSSR count). The first kappa shape index (κ1) is 16.3. The molecule has 1 spiro atoms. The van der Waals surface area contributed by atoms with E-state index in [1.165, 1.54) is 0 Å². The van der Waals surface area contributed by atoms with Crippen molar-refractivity contribution < 1.29 is 9.53 Å². The molecule has 1 amide bonds. The first-order valence-corrected chi connectivity index (χ1v) is 8.77. The topological polar surface area (TPSA) is 99.8 Å². The largest absolute Gasteiger partial charge is 0.368 e. The first-order valence-electron chi connectivity index (χ1n) is 8.77. The minimum absolute atomic E-state index is 0.0484. The number of piperazine rings is 1. The van der Waals surface area contributed by atoms with Gasteiger partial charge in [-0.2, -0.15) is 9.97 Å². The van der Waals surface area contributed by atoms with E-state index in [2.05, 4.69) is 37.0 Å². The Bertz CT molecular complexity index is 650. The lowest BCUT2D eigenvalue weighted by Crippen LogP contribution is -2.53. The van der Waals surface area contributed by atoms with Crippen molar-refractivity contribution in [2.24, 2.45) is 0 Å². The van der Waals surface area contributed by atoms with Crippen LogP contribution in [0.5, 0.6) is 0 Å². The number of carbonyl (C=O) groups excluding carboxylic acids is 1. The zero-order valence-electron chi connectivity index (χ0n) is 14.6. The van der Waals surface area contributed by atoms with Gasteiger partial charge in [0.15, 0.2) is 0 Å². The second kappa shape index (κ2) is 6.30. The highest BCUT2D eigenvalue weighted by Gasteiger charge is 2.42. The predicted molar refractivity (Wildman–Crippen MR) is 94.7 cm³/mol. The van der Waals surface area contributed by atoms with Gasteiger partial charge in [-0.25, -0.2) is 0 Å². The summed E-state index contributed by atoms with van der Waals surface area (Å²) < 4.78 is 5.83. The molecule has 1 aromatic heterocycles. The number of likely N-dealkylation sites (N-methyl/N-ethyl adjacent to an activating group) is 1. The molecule has 1 atom stereocenters. The fourth-order valence-corrected chi connectivity index (χ4v) is 3.68. The molecule has 4 heterocycles. The Morgan fingerprint density at radius 3 is 2.56 bits per heavy atom. The summed E-state index contributed by atoms with van der Waals surface area (Å²) in [7, 11) is 2.13. The Morgan fingerprint density at radius 2 is 1.88 bits per heavy atom. The molecule has 9 heteroatoms. The Hall–Kier alpha value is -2.13. The second-order valence-electron chi connectivity index (χ2n) is 7.15. The summed E-state index contributed by atoms with van der Waals surface area (Å²) in [6, 6.07) is 2.02. The summed E-state index contributed by atoms with van der Waals surface area (Å²) in [5, 5.41) is 2.90. The lowest BCUT2D eigenvalue weighted by atomic mass is 10.0. The van der Waals surface area contributed by atoms with Gasteiger partial charge < -0.3 is 30.5 Å². The van der Waals surface area contributed by atoms with E-state index < -0.39 is 0 Å². The third kappa shape index (κ3) is 3.34. The molecule has 9 nitrogen and oxygen atoms in total.